The standard InChI is InChI=1S/C13H21N3O2/c1-4-16(9-5-8-15(2)3)13(18)11-6-7-14-12(17)10-11/h6-7,10H,4-5,8-9H2,1-3H3,(H,14,17). The van der Waals surface area contributed by atoms with Gasteiger partial charge in [0.1, 0.15) is 0 Å². The van der Waals surface area contributed by atoms with Crippen molar-refractivity contribution >= 4 is 5.91 Å². The summed E-state index contributed by atoms with van der Waals surface area (Å²) < 4.78 is 0. The second-order valence-electron chi connectivity index (χ2n) is 4.48. The van der Waals surface area contributed by atoms with E-state index in [1.807, 2.05) is 21.0 Å². The summed E-state index contributed by atoms with van der Waals surface area (Å²) in [4.78, 5) is 29.7. The fourth-order valence-electron chi connectivity index (χ4n) is 1.74. The second-order valence-corrected chi connectivity index (χ2v) is 4.48. The maximum absolute atomic E-state index is 12.2. The lowest BCUT2D eigenvalue weighted by molar-refractivity contribution is 0.0759. The van der Waals surface area contributed by atoms with Gasteiger partial charge in [-0.15, -0.1) is 0 Å². The molecule has 0 spiro atoms. The van der Waals surface area contributed by atoms with Crippen molar-refractivity contribution < 1.29 is 4.79 Å². The average molecular weight is 251 g/mol. The molecule has 0 aliphatic carbocycles. The van der Waals surface area contributed by atoms with Gasteiger partial charge in [-0.25, -0.2) is 0 Å². The Morgan fingerprint density at radius 3 is 2.61 bits per heavy atom. The first-order valence-corrected chi connectivity index (χ1v) is 6.17. The second kappa shape index (κ2) is 6.96. The van der Waals surface area contributed by atoms with Crippen LogP contribution in [0.25, 0.3) is 0 Å². The fraction of sp³-hybridized carbons (Fsp3) is 0.538. The number of aromatic amines is 1. The van der Waals surface area contributed by atoms with Crippen LogP contribution in [0.2, 0.25) is 0 Å². The predicted molar refractivity (Wildman–Crippen MR) is 71.8 cm³/mol. The zero-order valence-corrected chi connectivity index (χ0v) is 11.3. The predicted octanol–water partition coefficient (Wildman–Crippen LogP) is 0.789. The molecule has 0 aliphatic heterocycles. The van der Waals surface area contributed by atoms with Gasteiger partial charge in [-0.2, -0.15) is 0 Å². The Balaban J connectivity index is 2.64. The smallest absolute Gasteiger partial charge is 0.254 e. The van der Waals surface area contributed by atoms with Gasteiger partial charge in [0.25, 0.3) is 5.91 Å². The lowest BCUT2D eigenvalue weighted by Crippen LogP contribution is -2.33. The molecule has 0 saturated carbocycles. The zero-order chi connectivity index (χ0) is 13.5. The largest absolute Gasteiger partial charge is 0.339 e. The van der Waals surface area contributed by atoms with Crippen molar-refractivity contribution in [3.05, 3.63) is 34.2 Å². The molecule has 0 saturated heterocycles. The monoisotopic (exact) mass is 251 g/mol. The summed E-state index contributed by atoms with van der Waals surface area (Å²) >= 11 is 0. The van der Waals surface area contributed by atoms with Crippen LogP contribution in [0.3, 0.4) is 0 Å². The summed E-state index contributed by atoms with van der Waals surface area (Å²) in [6.07, 6.45) is 2.43. The van der Waals surface area contributed by atoms with Gasteiger partial charge >= 0.3 is 0 Å². The molecule has 1 aromatic rings. The van der Waals surface area contributed by atoms with Gasteiger partial charge in [0.15, 0.2) is 0 Å². The molecule has 1 amide bonds. The first kappa shape index (κ1) is 14.4. The highest BCUT2D eigenvalue weighted by atomic mass is 16.2. The van der Waals surface area contributed by atoms with E-state index in [4.69, 9.17) is 0 Å². The third-order valence-corrected chi connectivity index (χ3v) is 2.72. The van der Waals surface area contributed by atoms with Crippen LogP contribution >= 0.6 is 0 Å². The third-order valence-electron chi connectivity index (χ3n) is 2.72. The van der Waals surface area contributed by atoms with E-state index in [1.165, 1.54) is 12.3 Å². The minimum Gasteiger partial charge on any atom is -0.339 e. The fourth-order valence-corrected chi connectivity index (χ4v) is 1.74. The van der Waals surface area contributed by atoms with Crippen LogP contribution in [0.15, 0.2) is 23.1 Å². The minimum absolute atomic E-state index is 0.0812. The molecule has 0 radical (unpaired) electrons. The normalized spacial score (nSPS) is 10.7. The topological polar surface area (TPSA) is 56.4 Å². The Labute approximate surface area is 107 Å². The van der Waals surface area contributed by atoms with Crippen molar-refractivity contribution in [3.63, 3.8) is 0 Å². The molecule has 1 heterocycles. The molecule has 1 aromatic heterocycles. The number of aromatic nitrogens is 1. The van der Waals surface area contributed by atoms with Crippen molar-refractivity contribution in [3.8, 4) is 0 Å². The number of hydrogen-bond donors (Lipinski definition) is 1. The van der Waals surface area contributed by atoms with Crippen LogP contribution in [0, 0.1) is 0 Å². The molecule has 5 nitrogen and oxygen atoms in total. The van der Waals surface area contributed by atoms with Crippen LogP contribution < -0.4 is 5.56 Å². The van der Waals surface area contributed by atoms with Crippen LogP contribution in [0.5, 0.6) is 0 Å². The van der Waals surface area contributed by atoms with E-state index >= 15 is 0 Å². The van der Waals surface area contributed by atoms with Gasteiger partial charge in [0.05, 0.1) is 0 Å². The van der Waals surface area contributed by atoms with Crippen molar-refractivity contribution in [2.45, 2.75) is 13.3 Å². The van der Waals surface area contributed by atoms with Crippen molar-refractivity contribution in [2.75, 3.05) is 33.7 Å². The summed E-state index contributed by atoms with van der Waals surface area (Å²) in [5.74, 6) is -0.0812. The van der Waals surface area contributed by atoms with Crippen LogP contribution in [0.4, 0.5) is 0 Å². The summed E-state index contributed by atoms with van der Waals surface area (Å²) in [5, 5.41) is 0. The highest BCUT2D eigenvalue weighted by Crippen LogP contribution is 2.03. The van der Waals surface area contributed by atoms with Gasteiger partial charge in [-0.1, -0.05) is 0 Å². The Kier molecular flexibility index (Phi) is 5.58. The summed E-state index contributed by atoms with van der Waals surface area (Å²) in [7, 11) is 4.02. The van der Waals surface area contributed by atoms with Gasteiger partial charge in [0.2, 0.25) is 5.56 Å². The molecular weight excluding hydrogens is 230 g/mol. The SMILES string of the molecule is CCN(CCCN(C)C)C(=O)c1cc[nH]c(=O)c1. The van der Waals surface area contributed by atoms with Crippen LogP contribution in [-0.4, -0.2) is 54.4 Å². The third kappa shape index (κ3) is 4.33. The molecule has 0 bridgehead atoms. The summed E-state index contributed by atoms with van der Waals surface area (Å²) in [6, 6.07) is 2.98. The first-order valence-electron chi connectivity index (χ1n) is 6.17. The van der Waals surface area contributed by atoms with Crippen LogP contribution in [-0.2, 0) is 0 Å². The number of rotatable bonds is 6. The number of H-pyrrole nitrogens is 1. The summed E-state index contributed by atoms with van der Waals surface area (Å²) in [5.41, 5.74) is 0.204. The molecule has 0 aliphatic rings. The number of carbonyl (C=O) groups is 1. The van der Waals surface area contributed by atoms with Crippen LogP contribution in [0.1, 0.15) is 23.7 Å². The quantitative estimate of drug-likeness (QED) is 0.813. The van der Waals surface area contributed by atoms with Crippen molar-refractivity contribution in [1.82, 2.24) is 14.8 Å². The molecule has 0 aromatic carbocycles. The molecule has 1 N–H and O–H groups in total. The molecule has 18 heavy (non-hydrogen) atoms. The first-order chi connectivity index (χ1) is 8.54. The van der Waals surface area contributed by atoms with Gasteiger partial charge in [-0.3, -0.25) is 9.59 Å². The molecule has 1 rings (SSSR count). The summed E-state index contributed by atoms with van der Waals surface area (Å²) in [6.45, 7) is 4.25. The van der Waals surface area contributed by atoms with E-state index in [-0.39, 0.29) is 11.5 Å². The number of pyridine rings is 1. The minimum atomic E-state index is -0.245. The number of amides is 1. The van der Waals surface area contributed by atoms with Gasteiger partial charge in [0, 0.05) is 30.9 Å². The lowest BCUT2D eigenvalue weighted by Gasteiger charge is -2.21. The van der Waals surface area contributed by atoms with Crippen molar-refractivity contribution in [1.29, 1.82) is 0 Å². The molecule has 0 atom stereocenters. The Hall–Kier alpha value is -1.62. The Bertz CT molecular complexity index is 440. The van der Waals surface area contributed by atoms with Gasteiger partial charge in [-0.05, 0) is 40.1 Å². The molecule has 0 fully saturated rings. The zero-order valence-electron chi connectivity index (χ0n) is 11.3. The number of nitrogens with one attached hydrogen (secondary N) is 1. The average Bonchev–Trinajstić information content (AvgIpc) is 2.33. The molecule has 100 valence electrons. The maximum atomic E-state index is 12.2. The van der Waals surface area contributed by atoms with E-state index in [0.29, 0.717) is 18.7 Å². The molecule has 0 unspecified atom stereocenters. The van der Waals surface area contributed by atoms with E-state index < -0.39 is 0 Å². The van der Waals surface area contributed by atoms with E-state index in [1.54, 1.807) is 11.0 Å². The number of carbonyl (C=O) groups excluding carboxylic acids is 1. The Morgan fingerprint density at radius 1 is 1.33 bits per heavy atom. The lowest BCUT2D eigenvalue weighted by atomic mass is 10.2. The molecule has 5 heteroatoms. The maximum Gasteiger partial charge on any atom is 0.254 e. The Morgan fingerprint density at radius 2 is 2.06 bits per heavy atom. The number of hydrogen-bond acceptors (Lipinski definition) is 3. The van der Waals surface area contributed by atoms with E-state index in [2.05, 4.69) is 9.88 Å². The van der Waals surface area contributed by atoms with Gasteiger partial charge < -0.3 is 14.8 Å². The van der Waals surface area contributed by atoms with Crippen molar-refractivity contribution in [2.24, 2.45) is 0 Å². The number of nitrogens with zero attached hydrogens (tertiary/aromatic N) is 2. The van der Waals surface area contributed by atoms with E-state index in [9.17, 15) is 9.59 Å². The highest BCUT2D eigenvalue weighted by molar-refractivity contribution is 5.94. The highest BCUT2D eigenvalue weighted by Gasteiger charge is 2.13. The van der Waals surface area contributed by atoms with E-state index in [0.717, 1.165) is 13.0 Å². The molecular formula is C13H21N3O2.